The van der Waals surface area contributed by atoms with Crippen LogP contribution in [-0.2, 0) is 0 Å². The van der Waals surface area contributed by atoms with Gasteiger partial charge in [-0.05, 0) is 37.6 Å². The van der Waals surface area contributed by atoms with E-state index in [0.717, 1.165) is 27.8 Å². The third-order valence-corrected chi connectivity index (χ3v) is 4.28. The molecular weight excluding hydrogens is 262 g/mol. The fraction of sp³-hybridized carbons (Fsp3) is 0.235. The fourth-order valence-corrected chi connectivity index (χ4v) is 2.95. The van der Waals surface area contributed by atoms with Crippen molar-refractivity contribution in [1.29, 1.82) is 0 Å². The molecule has 2 aromatic heterocycles. The Morgan fingerprint density at radius 3 is 2.81 bits per heavy atom. The number of rotatable bonds is 1. The Balaban J connectivity index is 2.04. The number of fused-ring (bicyclic) bond motifs is 3. The number of furan rings is 1. The Bertz CT molecular complexity index is 865. The van der Waals surface area contributed by atoms with Crippen molar-refractivity contribution in [2.24, 2.45) is 0 Å². The second kappa shape index (κ2) is 4.25. The highest BCUT2D eigenvalue weighted by Gasteiger charge is 2.25. The van der Waals surface area contributed by atoms with Crippen LogP contribution >= 0.6 is 0 Å². The first-order valence-electron chi connectivity index (χ1n) is 7.12. The molecule has 4 nitrogen and oxygen atoms in total. The molecule has 106 valence electrons. The number of nitrogens with zero attached hydrogens (tertiary/aromatic N) is 3. The molecule has 3 heterocycles. The molecule has 1 atom stereocenters. The van der Waals surface area contributed by atoms with Crippen molar-refractivity contribution in [3.8, 4) is 0 Å². The standard InChI is InChI=1S/C17H17N3O/c1-11-6-7-13-15-14(5-4-8-18-15)21-17(13)16(11)20-10-9-19(3)12(20)2/h4-10,12H,1-3H3/t12-/m0/s1. The zero-order valence-electron chi connectivity index (χ0n) is 12.4. The minimum atomic E-state index is 0.274. The van der Waals surface area contributed by atoms with E-state index >= 15 is 0 Å². The van der Waals surface area contributed by atoms with Gasteiger partial charge in [0.1, 0.15) is 11.7 Å². The quantitative estimate of drug-likeness (QED) is 0.677. The van der Waals surface area contributed by atoms with Gasteiger partial charge in [0.15, 0.2) is 11.2 Å². The van der Waals surface area contributed by atoms with Crippen LogP contribution in [0.3, 0.4) is 0 Å². The van der Waals surface area contributed by atoms with Crippen LogP contribution in [0.5, 0.6) is 0 Å². The summed E-state index contributed by atoms with van der Waals surface area (Å²) >= 11 is 0. The van der Waals surface area contributed by atoms with E-state index < -0.39 is 0 Å². The zero-order chi connectivity index (χ0) is 14.6. The summed E-state index contributed by atoms with van der Waals surface area (Å²) in [6, 6.07) is 8.11. The maximum Gasteiger partial charge on any atom is 0.161 e. The Morgan fingerprint density at radius 2 is 2.05 bits per heavy atom. The highest BCUT2D eigenvalue weighted by molar-refractivity contribution is 6.07. The molecule has 0 bridgehead atoms. The molecule has 0 aliphatic carbocycles. The Hall–Kier alpha value is -2.49. The molecule has 0 saturated carbocycles. The minimum absolute atomic E-state index is 0.274. The summed E-state index contributed by atoms with van der Waals surface area (Å²) in [6.45, 7) is 4.30. The van der Waals surface area contributed by atoms with Crippen LogP contribution in [0.2, 0.25) is 0 Å². The van der Waals surface area contributed by atoms with Gasteiger partial charge in [-0.25, -0.2) is 0 Å². The molecule has 4 rings (SSSR count). The first-order chi connectivity index (χ1) is 10.2. The average molecular weight is 279 g/mol. The molecule has 1 aromatic carbocycles. The lowest BCUT2D eigenvalue weighted by Gasteiger charge is -2.28. The monoisotopic (exact) mass is 279 g/mol. The lowest BCUT2D eigenvalue weighted by molar-refractivity contribution is 0.383. The lowest BCUT2D eigenvalue weighted by atomic mass is 10.1. The second-order valence-corrected chi connectivity index (χ2v) is 5.56. The predicted molar refractivity (Wildman–Crippen MR) is 85.1 cm³/mol. The first kappa shape index (κ1) is 12.3. The molecule has 0 N–H and O–H groups in total. The molecule has 0 unspecified atom stereocenters. The summed E-state index contributed by atoms with van der Waals surface area (Å²) in [5.41, 5.74) is 5.00. The summed E-state index contributed by atoms with van der Waals surface area (Å²) in [6.07, 6.45) is 6.27. The first-order valence-corrected chi connectivity index (χ1v) is 7.12. The molecule has 0 fully saturated rings. The maximum atomic E-state index is 6.10. The van der Waals surface area contributed by atoms with E-state index in [-0.39, 0.29) is 6.17 Å². The number of aromatic nitrogens is 1. The average Bonchev–Trinajstić information content (AvgIpc) is 3.01. The van der Waals surface area contributed by atoms with E-state index in [2.05, 4.69) is 60.2 Å². The topological polar surface area (TPSA) is 32.5 Å². The zero-order valence-corrected chi connectivity index (χ0v) is 12.4. The van der Waals surface area contributed by atoms with Crippen molar-refractivity contribution in [3.63, 3.8) is 0 Å². The SMILES string of the molecule is Cc1ccc2c(oc3cccnc32)c1N1C=CN(C)[C@@H]1C. The van der Waals surface area contributed by atoms with E-state index in [1.54, 1.807) is 0 Å². The van der Waals surface area contributed by atoms with Crippen LogP contribution in [0.15, 0.2) is 47.3 Å². The van der Waals surface area contributed by atoms with Gasteiger partial charge in [-0.2, -0.15) is 0 Å². The summed E-state index contributed by atoms with van der Waals surface area (Å²) in [7, 11) is 2.08. The number of pyridine rings is 1. The molecule has 0 radical (unpaired) electrons. The van der Waals surface area contributed by atoms with E-state index in [4.69, 9.17) is 4.42 Å². The second-order valence-electron chi connectivity index (χ2n) is 5.56. The van der Waals surface area contributed by atoms with Gasteiger partial charge in [0, 0.05) is 31.0 Å². The van der Waals surface area contributed by atoms with E-state index in [9.17, 15) is 0 Å². The predicted octanol–water partition coefficient (Wildman–Crippen LogP) is 3.86. The molecule has 0 saturated heterocycles. The van der Waals surface area contributed by atoms with Crippen LogP contribution in [0.4, 0.5) is 5.69 Å². The number of hydrogen-bond donors (Lipinski definition) is 0. The van der Waals surface area contributed by atoms with Crippen LogP contribution < -0.4 is 4.90 Å². The number of aryl methyl sites for hydroxylation is 1. The Kier molecular flexibility index (Phi) is 2.48. The maximum absolute atomic E-state index is 6.10. The van der Waals surface area contributed by atoms with Gasteiger partial charge < -0.3 is 14.2 Å². The molecule has 0 spiro atoms. The van der Waals surface area contributed by atoms with E-state index in [1.165, 1.54) is 5.56 Å². The fourth-order valence-electron chi connectivity index (χ4n) is 2.95. The van der Waals surface area contributed by atoms with E-state index in [0.29, 0.717) is 0 Å². The largest absolute Gasteiger partial charge is 0.452 e. The summed E-state index contributed by atoms with van der Waals surface area (Å²) in [5.74, 6) is 0. The van der Waals surface area contributed by atoms with Crippen molar-refractivity contribution in [2.75, 3.05) is 11.9 Å². The van der Waals surface area contributed by atoms with Gasteiger partial charge in [0.2, 0.25) is 0 Å². The molecule has 4 heteroatoms. The van der Waals surface area contributed by atoms with Gasteiger partial charge in [-0.1, -0.05) is 6.07 Å². The van der Waals surface area contributed by atoms with Crippen LogP contribution in [0.1, 0.15) is 12.5 Å². The van der Waals surface area contributed by atoms with E-state index in [1.807, 2.05) is 18.3 Å². The highest BCUT2D eigenvalue weighted by atomic mass is 16.3. The third-order valence-electron chi connectivity index (χ3n) is 4.28. The molecule has 3 aromatic rings. The van der Waals surface area contributed by atoms with Gasteiger partial charge in [-0.3, -0.25) is 4.98 Å². The Labute approximate surface area is 123 Å². The van der Waals surface area contributed by atoms with Crippen LogP contribution in [0, 0.1) is 6.92 Å². The van der Waals surface area contributed by atoms with Crippen molar-refractivity contribution in [3.05, 3.63) is 48.4 Å². The van der Waals surface area contributed by atoms with Gasteiger partial charge in [0.25, 0.3) is 0 Å². The summed E-state index contributed by atoms with van der Waals surface area (Å²) in [5, 5.41) is 1.07. The number of hydrogen-bond acceptors (Lipinski definition) is 4. The van der Waals surface area contributed by atoms with Crippen molar-refractivity contribution >= 4 is 27.8 Å². The molecule has 1 aliphatic heterocycles. The Morgan fingerprint density at radius 1 is 1.19 bits per heavy atom. The minimum Gasteiger partial charge on any atom is -0.452 e. The number of benzene rings is 1. The number of anilines is 1. The molecule has 1 aliphatic rings. The summed E-state index contributed by atoms with van der Waals surface area (Å²) < 4.78 is 6.10. The van der Waals surface area contributed by atoms with Gasteiger partial charge in [-0.15, -0.1) is 0 Å². The van der Waals surface area contributed by atoms with Gasteiger partial charge >= 0.3 is 0 Å². The van der Waals surface area contributed by atoms with Crippen molar-refractivity contribution in [2.45, 2.75) is 20.0 Å². The smallest absolute Gasteiger partial charge is 0.161 e. The van der Waals surface area contributed by atoms with Gasteiger partial charge in [0.05, 0.1) is 5.69 Å². The molecular formula is C17H17N3O. The third kappa shape index (κ3) is 1.65. The molecule has 21 heavy (non-hydrogen) atoms. The lowest BCUT2D eigenvalue weighted by Crippen LogP contribution is -2.33. The highest BCUT2D eigenvalue weighted by Crippen LogP contribution is 2.38. The van der Waals surface area contributed by atoms with Crippen LogP contribution in [0.25, 0.3) is 22.1 Å². The normalized spacial score (nSPS) is 18.3. The summed E-state index contributed by atoms with van der Waals surface area (Å²) in [4.78, 5) is 8.89. The van der Waals surface area contributed by atoms with Crippen molar-refractivity contribution in [1.82, 2.24) is 9.88 Å². The van der Waals surface area contributed by atoms with Crippen LogP contribution in [-0.4, -0.2) is 23.1 Å². The van der Waals surface area contributed by atoms with Crippen molar-refractivity contribution < 1.29 is 4.42 Å². The molecule has 0 amide bonds.